The molecule has 0 aliphatic carbocycles. The molecule has 1 heterocycles. The zero-order valence-corrected chi connectivity index (χ0v) is 17.5. The second-order valence-corrected chi connectivity index (χ2v) is 7.75. The van der Waals surface area contributed by atoms with Crippen molar-refractivity contribution >= 4 is 28.8 Å². The molecule has 5 nitrogen and oxygen atoms in total. The van der Waals surface area contributed by atoms with Crippen LogP contribution in [0.3, 0.4) is 0 Å². The van der Waals surface area contributed by atoms with Gasteiger partial charge in [-0.15, -0.1) is 17.9 Å². The summed E-state index contributed by atoms with van der Waals surface area (Å²) in [4.78, 5) is 30.4. The number of nitrogens with zero attached hydrogens (tertiary/aromatic N) is 1. The van der Waals surface area contributed by atoms with Gasteiger partial charge in [0.1, 0.15) is 9.88 Å². The summed E-state index contributed by atoms with van der Waals surface area (Å²) in [5.74, 6) is -0.544. The summed E-state index contributed by atoms with van der Waals surface area (Å²) in [6.45, 7) is 9.86. The number of amides is 2. The number of aromatic nitrogens is 1. The van der Waals surface area contributed by atoms with Crippen LogP contribution in [0.15, 0.2) is 55.1 Å². The van der Waals surface area contributed by atoms with E-state index in [1.54, 1.807) is 30.3 Å². The van der Waals surface area contributed by atoms with Crippen LogP contribution in [0.1, 0.15) is 36.9 Å². The van der Waals surface area contributed by atoms with Gasteiger partial charge in [-0.05, 0) is 38.5 Å². The minimum atomic E-state index is -0.278. The molecule has 3 rings (SSSR count). The zero-order chi connectivity index (χ0) is 21.0. The van der Waals surface area contributed by atoms with Crippen molar-refractivity contribution in [1.29, 1.82) is 0 Å². The molecule has 0 unspecified atom stereocenters. The van der Waals surface area contributed by atoms with E-state index in [0.29, 0.717) is 28.4 Å². The fourth-order valence-corrected chi connectivity index (χ4v) is 4.06. The highest BCUT2D eigenvalue weighted by Crippen LogP contribution is 2.31. The molecule has 1 aromatic heterocycles. The number of carbonyl (C=O) groups excluding carboxylic acids is 2. The molecule has 0 fully saturated rings. The third-order valence-corrected chi connectivity index (χ3v) is 5.63. The fraction of sp³-hybridized carbons (Fsp3) is 0.174. The van der Waals surface area contributed by atoms with E-state index in [4.69, 9.17) is 0 Å². The Kier molecular flexibility index (Phi) is 6.24. The highest BCUT2D eigenvalue weighted by molar-refractivity contribution is 7.17. The quantitative estimate of drug-likeness (QED) is 0.573. The van der Waals surface area contributed by atoms with E-state index < -0.39 is 0 Å². The summed E-state index contributed by atoms with van der Waals surface area (Å²) in [6, 6.07) is 13.1. The Balaban J connectivity index is 1.87. The number of para-hydroxylation sites is 1. The number of aryl methyl sites for hydroxylation is 3. The van der Waals surface area contributed by atoms with E-state index in [0.717, 1.165) is 16.1 Å². The summed E-state index contributed by atoms with van der Waals surface area (Å²) in [6.07, 6.45) is 1.61. The predicted octanol–water partition coefficient (Wildman–Crippen LogP) is 4.90. The SMILES string of the molecule is C=CCNC(=O)c1ccccc1NC(=O)c1sc(-c2ccc(C)cc2C)nc1C. The van der Waals surface area contributed by atoms with E-state index in [1.165, 1.54) is 16.9 Å². The number of carbonyl (C=O) groups is 2. The predicted molar refractivity (Wildman–Crippen MR) is 119 cm³/mol. The van der Waals surface area contributed by atoms with Gasteiger partial charge < -0.3 is 10.6 Å². The maximum atomic E-state index is 12.9. The number of hydrogen-bond donors (Lipinski definition) is 2. The lowest BCUT2D eigenvalue weighted by Gasteiger charge is -2.10. The Morgan fingerprint density at radius 1 is 1.10 bits per heavy atom. The molecule has 6 heteroatoms. The van der Waals surface area contributed by atoms with Gasteiger partial charge in [-0.2, -0.15) is 0 Å². The Morgan fingerprint density at radius 3 is 2.59 bits per heavy atom. The van der Waals surface area contributed by atoms with Crippen molar-refractivity contribution < 1.29 is 9.59 Å². The smallest absolute Gasteiger partial charge is 0.267 e. The van der Waals surface area contributed by atoms with Crippen molar-refractivity contribution in [3.05, 3.63) is 82.4 Å². The van der Waals surface area contributed by atoms with Gasteiger partial charge in [-0.1, -0.05) is 42.0 Å². The molecule has 0 radical (unpaired) electrons. The molecule has 2 N–H and O–H groups in total. The molecule has 0 saturated carbocycles. The average Bonchev–Trinajstić information content (AvgIpc) is 3.08. The van der Waals surface area contributed by atoms with E-state index in [1.807, 2.05) is 32.9 Å². The van der Waals surface area contributed by atoms with Crippen molar-refractivity contribution in [2.24, 2.45) is 0 Å². The van der Waals surface area contributed by atoms with E-state index in [9.17, 15) is 9.59 Å². The van der Waals surface area contributed by atoms with Crippen LogP contribution in [-0.2, 0) is 0 Å². The Morgan fingerprint density at radius 2 is 1.86 bits per heavy atom. The standard InChI is InChI=1S/C23H23N3O2S/c1-5-12-24-21(27)18-8-6-7-9-19(18)26-22(28)20-16(4)25-23(29-20)17-11-10-14(2)13-15(17)3/h5-11,13H,1,12H2,2-4H3,(H,24,27)(H,26,28). The highest BCUT2D eigenvalue weighted by Gasteiger charge is 2.19. The number of hydrogen-bond acceptors (Lipinski definition) is 4. The molecule has 148 valence electrons. The molecule has 3 aromatic rings. The lowest BCUT2D eigenvalue weighted by Crippen LogP contribution is -2.25. The first kappa shape index (κ1) is 20.5. The first-order valence-corrected chi connectivity index (χ1v) is 10.1. The maximum Gasteiger partial charge on any atom is 0.267 e. The van der Waals surface area contributed by atoms with Gasteiger partial charge in [0.25, 0.3) is 11.8 Å². The van der Waals surface area contributed by atoms with Crippen LogP contribution < -0.4 is 10.6 Å². The van der Waals surface area contributed by atoms with Crippen LogP contribution in [0.25, 0.3) is 10.6 Å². The zero-order valence-electron chi connectivity index (χ0n) is 16.7. The third kappa shape index (κ3) is 4.60. The van der Waals surface area contributed by atoms with Gasteiger partial charge in [-0.3, -0.25) is 9.59 Å². The molecule has 0 aliphatic heterocycles. The van der Waals surface area contributed by atoms with Crippen LogP contribution in [0, 0.1) is 20.8 Å². The van der Waals surface area contributed by atoms with Gasteiger partial charge in [0.05, 0.1) is 16.9 Å². The van der Waals surface area contributed by atoms with Gasteiger partial charge in [0, 0.05) is 12.1 Å². The fourth-order valence-electron chi connectivity index (χ4n) is 3.01. The largest absolute Gasteiger partial charge is 0.349 e. The van der Waals surface area contributed by atoms with Gasteiger partial charge in [0.2, 0.25) is 0 Å². The molecule has 29 heavy (non-hydrogen) atoms. The highest BCUT2D eigenvalue weighted by atomic mass is 32.1. The van der Waals surface area contributed by atoms with Crippen LogP contribution in [0.5, 0.6) is 0 Å². The maximum absolute atomic E-state index is 12.9. The van der Waals surface area contributed by atoms with Crippen LogP contribution in [0.2, 0.25) is 0 Å². The second kappa shape index (κ2) is 8.84. The van der Waals surface area contributed by atoms with Crippen LogP contribution in [-0.4, -0.2) is 23.3 Å². The summed E-state index contributed by atoms with van der Waals surface area (Å²) >= 11 is 1.35. The normalized spacial score (nSPS) is 10.4. The minimum Gasteiger partial charge on any atom is -0.349 e. The molecular weight excluding hydrogens is 382 g/mol. The first-order valence-electron chi connectivity index (χ1n) is 9.25. The monoisotopic (exact) mass is 405 g/mol. The molecule has 2 aromatic carbocycles. The molecular formula is C23H23N3O2S. The molecule has 0 spiro atoms. The van der Waals surface area contributed by atoms with Gasteiger partial charge >= 0.3 is 0 Å². The average molecular weight is 406 g/mol. The van der Waals surface area contributed by atoms with Crippen molar-refractivity contribution in [3.63, 3.8) is 0 Å². The van der Waals surface area contributed by atoms with Crippen molar-refractivity contribution in [1.82, 2.24) is 10.3 Å². The Hall–Kier alpha value is -3.25. The molecule has 0 bridgehead atoms. The van der Waals surface area contributed by atoms with Crippen molar-refractivity contribution in [2.45, 2.75) is 20.8 Å². The topological polar surface area (TPSA) is 71.1 Å². The lowest BCUT2D eigenvalue weighted by molar-refractivity contribution is 0.0959. The molecule has 0 atom stereocenters. The van der Waals surface area contributed by atoms with E-state index in [-0.39, 0.29) is 11.8 Å². The Labute approximate surface area is 174 Å². The van der Waals surface area contributed by atoms with Gasteiger partial charge in [0.15, 0.2) is 0 Å². The summed E-state index contributed by atoms with van der Waals surface area (Å²) in [5, 5.41) is 6.40. The van der Waals surface area contributed by atoms with E-state index >= 15 is 0 Å². The van der Waals surface area contributed by atoms with E-state index in [2.05, 4.69) is 28.3 Å². The summed E-state index contributed by atoms with van der Waals surface area (Å²) < 4.78 is 0. The Bertz CT molecular complexity index is 1090. The minimum absolute atomic E-state index is 0.266. The first-order chi connectivity index (χ1) is 13.9. The number of anilines is 1. The molecule has 0 saturated heterocycles. The lowest BCUT2D eigenvalue weighted by atomic mass is 10.1. The summed E-state index contributed by atoms with van der Waals surface area (Å²) in [5.41, 5.74) is 4.85. The summed E-state index contributed by atoms with van der Waals surface area (Å²) in [7, 11) is 0. The number of benzene rings is 2. The molecule has 2 amide bonds. The third-order valence-electron chi connectivity index (χ3n) is 4.44. The second-order valence-electron chi connectivity index (χ2n) is 6.75. The molecule has 0 aliphatic rings. The van der Waals surface area contributed by atoms with Crippen molar-refractivity contribution in [2.75, 3.05) is 11.9 Å². The number of nitrogens with one attached hydrogen (secondary N) is 2. The number of thiazole rings is 1. The van der Waals surface area contributed by atoms with Gasteiger partial charge in [-0.25, -0.2) is 4.98 Å². The van der Waals surface area contributed by atoms with Crippen LogP contribution >= 0.6 is 11.3 Å². The van der Waals surface area contributed by atoms with Crippen molar-refractivity contribution in [3.8, 4) is 10.6 Å². The van der Waals surface area contributed by atoms with Crippen LogP contribution in [0.4, 0.5) is 5.69 Å². The number of rotatable bonds is 6.